The van der Waals surface area contributed by atoms with Crippen molar-refractivity contribution in [2.75, 3.05) is 31.1 Å². The fourth-order valence-corrected chi connectivity index (χ4v) is 4.41. The molecule has 1 aliphatic rings. The number of pyridine rings is 1. The topological polar surface area (TPSA) is 62.2 Å². The van der Waals surface area contributed by atoms with Crippen LogP contribution in [0.5, 0.6) is 0 Å². The number of aromatic nitrogens is 3. The van der Waals surface area contributed by atoms with Gasteiger partial charge in [0.25, 0.3) is 5.91 Å². The Morgan fingerprint density at radius 2 is 1.59 bits per heavy atom. The van der Waals surface area contributed by atoms with E-state index in [-0.39, 0.29) is 5.91 Å². The van der Waals surface area contributed by atoms with Gasteiger partial charge in [-0.2, -0.15) is 0 Å². The van der Waals surface area contributed by atoms with E-state index in [2.05, 4.69) is 37.9 Å². The van der Waals surface area contributed by atoms with Crippen molar-refractivity contribution >= 4 is 38.7 Å². The highest BCUT2D eigenvalue weighted by Crippen LogP contribution is 2.30. The SMILES string of the molecule is O=C(c1cncc(Br)c1)N1CCCN(c2nc3ccccc3nc2-c2ccccc2)CC1. The van der Waals surface area contributed by atoms with E-state index in [1.807, 2.05) is 53.4 Å². The number of anilines is 1. The first-order valence-electron chi connectivity index (χ1n) is 10.7. The number of fused-ring (bicyclic) bond motifs is 1. The number of nitrogens with zero attached hydrogens (tertiary/aromatic N) is 5. The molecule has 0 radical (unpaired) electrons. The number of carbonyl (C=O) groups is 1. The number of rotatable bonds is 3. The van der Waals surface area contributed by atoms with Crippen molar-refractivity contribution < 1.29 is 4.79 Å². The van der Waals surface area contributed by atoms with Crippen molar-refractivity contribution in [3.05, 3.63) is 83.1 Å². The number of amides is 1. The molecule has 1 saturated heterocycles. The van der Waals surface area contributed by atoms with Crippen LogP contribution in [0.25, 0.3) is 22.3 Å². The second kappa shape index (κ2) is 9.04. The third-order valence-corrected chi connectivity index (χ3v) is 6.07. The highest BCUT2D eigenvalue weighted by atomic mass is 79.9. The van der Waals surface area contributed by atoms with Gasteiger partial charge in [-0.15, -0.1) is 0 Å². The van der Waals surface area contributed by atoms with Crippen LogP contribution in [0.4, 0.5) is 5.82 Å². The highest BCUT2D eigenvalue weighted by molar-refractivity contribution is 9.10. The standard InChI is InChI=1S/C25H22BrN5O/c26-20-15-19(16-27-17-20)25(32)31-12-6-11-30(13-14-31)24-23(18-7-2-1-3-8-18)28-21-9-4-5-10-22(21)29-24/h1-5,7-10,15-17H,6,11-14H2. The molecule has 0 saturated carbocycles. The molecule has 7 heteroatoms. The Kier molecular flexibility index (Phi) is 5.81. The zero-order valence-electron chi connectivity index (χ0n) is 17.5. The van der Waals surface area contributed by atoms with E-state index < -0.39 is 0 Å². The Bertz CT molecular complexity index is 1260. The van der Waals surface area contributed by atoms with Crippen molar-refractivity contribution in [2.45, 2.75) is 6.42 Å². The summed E-state index contributed by atoms with van der Waals surface area (Å²) >= 11 is 3.40. The molecular formula is C25H22BrN5O. The van der Waals surface area contributed by atoms with Gasteiger partial charge in [0.05, 0.1) is 16.6 Å². The Balaban J connectivity index is 1.46. The lowest BCUT2D eigenvalue weighted by Gasteiger charge is -2.25. The normalized spacial score (nSPS) is 14.4. The van der Waals surface area contributed by atoms with Gasteiger partial charge in [-0.25, -0.2) is 9.97 Å². The summed E-state index contributed by atoms with van der Waals surface area (Å²) in [5, 5.41) is 0. The Labute approximate surface area is 195 Å². The van der Waals surface area contributed by atoms with Crippen LogP contribution in [0.15, 0.2) is 77.5 Å². The van der Waals surface area contributed by atoms with Gasteiger partial charge in [0.15, 0.2) is 5.82 Å². The summed E-state index contributed by atoms with van der Waals surface area (Å²) in [5.74, 6) is 0.877. The maximum absolute atomic E-state index is 13.0. The molecule has 5 rings (SSSR count). The van der Waals surface area contributed by atoms with E-state index in [1.54, 1.807) is 12.4 Å². The number of hydrogen-bond acceptors (Lipinski definition) is 5. The fourth-order valence-electron chi connectivity index (χ4n) is 4.04. The van der Waals surface area contributed by atoms with Crippen molar-refractivity contribution in [1.29, 1.82) is 0 Å². The van der Waals surface area contributed by atoms with E-state index >= 15 is 0 Å². The molecule has 0 spiro atoms. The van der Waals surface area contributed by atoms with Crippen molar-refractivity contribution in [3.8, 4) is 11.3 Å². The van der Waals surface area contributed by atoms with Crippen LogP contribution in [0.3, 0.4) is 0 Å². The zero-order valence-corrected chi connectivity index (χ0v) is 19.1. The predicted molar refractivity (Wildman–Crippen MR) is 130 cm³/mol. The van der Waals surface area contributed by atoms with Crippen LogP contribution in [0, 0.1) is 0 Å². The highest BCUT2D eigenvalue weighted by Gasteiger charge is 2.24. The Hall–Kier alpha value is -3.32. The molecule has 1 amide bonds. The number of benzene rings is 2. The number of hydrogen-bond donors (Lipinski definition) is 0. The molecule has 2 aromatic heterocycles. The van der Waals surface area contributed by atoms with Gasteiger partial charge >= 0.3 is 0 Å². The molecular weight excluding hydrogens is 466 g/mol. The van der Waals surface area contributed by atoms with Gasteiger partial charge in [-0.05, 0) is 40.5 Å². The van der Waals surface area contributed by atoms with Crippen LogP contribution < -0.4 is 4.90 Å². The summed E-state index contributed by atoms with van der Waals surface area (Å²) in [5.41, 5.74) is 4.27. The van der Waals surface area contributed by atoms with Crippen LogP contribution in [0.2, 0.25) is 0 Å². The summed E-state index contributed by atoms with van der Waals surface area (Å²) in [6.45, 7) is 2.82. The second-order valence-electron chi connectivity index (χ2n) is 7.78. The van der Waals surface area contributed by atoms with Crippen LogP contribution in [0.1, 0.15) is 16.8 Å². The summed E-state index contributed by atoms with van der Waals surface area (Å²) < 4.78 is 0.804. The maximum Gasteiger partial charge on any atom is 0.255 e. The lowest BCUT2D eigenvalue weighted by Crippen LogP contribution is -2.35. The molecule has 160 valence electrons. The molecule has 1 aliphatic heterocycles. The van der Waals surface area contributed by atoms with Gasteiger partial charge in [0.1, 0.15) is 5.69 Å². The van der Waals surface area contributed by atoms with Crippen LogP contribution >= 0.6 is 15.9 Å². The monoisotopic (exact) mass is 487 g/mol. The quantitative estimate of drug-likeness (QED) is 0.415. The minimum absolute atomic E-state index is 0.00790. The second-order valence-corrected chi connectivity index (χ2v) is 8.69. The largest absolute Gasteiger partial charge is 0.353 e. The Morgan fingerprint density at radius 1 is 0.844 bits per heavy atom. The van der Waals surface area contributed by atoms with Crippen molar-refractivity contribution in [2.24, 2.45) is 0 Å². The molecule has 3 heterocycles. The molecule has 2 aromatic carbocycles. The Morgan fingerprint density at radius 3 is 2.38 bits per heavy atom. The summed E-state index contributed by atoms with van der Waals surface area (Å²) in [6, 6.07) is 19.9. The molecule has 1 fully saturated rings. The minimum Gasteiger partial charge on any atom is -0.353 e. The molecule has 0 N–H and O–H groups in total. The van der Waals surface area contributed by atoms with E-state index in [4.69, 9.17) is 9.97 Å². The van der Waals surface area contributed by atoms with Gasteiger partial charge in [0, 0.05) is 48.6 Å². The van der Waals surface area contributed by atoms with E-state index in [0.29, 0.717) is 25.2 Å². The lowest BCUT2D eigenvalue weighted by atomic mass is 10.1. The zero-order chi connectivity index (χ0) is 21.9. The summed E-state index contributed by atoms with van der Waals surface area (Å²) in [7, 11) is 0. The molecule has 0 unspecified atom stereocenters. The fraction of sp³-hybridized carbons (Fsp3) is 0.200. The minimum atomic E-state index is 0.00790. The first kappa shape index (κ1) is 20.6. The van der Waals surface area contributed by atoms with E-state index in [9.17, 15) is 4.79 Å². The molecule has 6 nitrogen and oxygen atoms in total. The number of para-hydroxylation sites is 2. The summed E-state index contributed by atoms with van der Waals surface area (Å²) in [4.78, 5) is 31.3. The number of halogens is 1. The molecule has 32 heavy (non-hydrogen) atoms. The smallest absolute Gasteiger partial charge is 0.255 e. The van der Waals surface area contributed by atoms with Crippen molar-refractivity contribution in [3.63, 3.8) is 0 Å². The lowest BCUT2D eigenvalue weighted by molar-refractivity contribution is 0.0766. The summed E-state index contributed by atoms with van der Waals surface area (Å²) in [6.07, 6.45) is 4.17. The van der Waals surface area contributed by atoms with Gasteiger partial charge in [-0.3, -0.25) is 9.78 Å². The molecule has 0 atom stereocenters. The van der Waals surface area contributed by atoms with E-state index in [0.717, 1.165) is 45.5 Å². The third kappa shape index (κ3) is 4.21. The van der Waals surface area contributed by atoms with Gasteiger partial charge in [-0.1, -0.05) is 42.5 Å². The average Bonchev–Trinajstić information content (AvgIpc) is 3.09. The predicted octanol–water partition coefficient (Wildman–Crippen LogP) is 4.81. The molecule has 0 aliphatic carbocycles. The first-order chi connectivity index (χ1) is 15.7. The molecule has 0 bridgehead atoms. The maximum atomic E-state index is 13.0. The number of carbonyl (C=O) groups excluding carboxylic acids is 1. The molecule has 4 aromatic rings. The van der Waals surface area contributed by atoms with E-state index in [1.165, 1.54) is 0 Å². The van der Waals surface area contributed by atoms with Crippen molar-refractivity contribution in [1.82, 2.24) is 19.9 Å². The van der Waals surface area contributed by atoms with Crippen LogP contribution in [-0.4, -0.2) is 51.9 Å². The van der Waals surface area contributed by atoms with Crippen LogP contribution in [-0.2, 0) is 0 Å². The third-order valence-electron chi connectivity index (χ3n) is 5.63. The first-order valence-corrected chi connectivity index (χ1v) is 11.5. The average molecular weight is 488 g/mol. The van der Waals surface area contributed by atoms with Gasteiger partial charge in [0.2, 0.25) is 0 Å². The van der Waals surface area contributed by atoms with Gasteiger partial charge < -0.3 is 9.80 Å².